The number of aryl methyl sites for hydroxylation is 2. The van der Waals surface area contributed by atoms with Crippen LogP contribution in [-0.4, -0.2) is 61.9 Å². The number of carbonyl (C=O) groups excluding carboxylic acids is 2. The number of imidazole rings is 1. The van der Waals surface area contributed by atoms with Crippen molar-refractivity contribution in [1.82, 2.24) is 19.2 Å². The highest BCUT2D eigenvalue weighted by molar-refractivity contribution is 7.89. The van der Waals surface area contributed by atoms with Crippen molar-refractivity contribution in [3.05, 3.63) is 24.0 Å². The number of hydrogen-bond acceptors (Lipinski definition) is 6. The van der Waals surface area contributed by atoms with E-state index in [1.54, 1.807) is 18.2 Å². The smallest absolute Gasteiger partial charge is 0.305 e. The van der Waals surface area contributed by atoms with E-state index in [1.807, 2.05) is 0 Å². The number of carbonyl (C=O) groups is 2. The van der Waals surface area contributed by atoms with Gasteiger partial charge in [-0.2, -0.15) is 0 Å². The van der Waals surface area contributed by atoms with Gasteiger partial charge in [-0.1, -0.05) is 13.3 Å². The number of benzene rings is 1. The van der Waals surface area contributed by atoms with Gasteiger partial charge in [-0.05, 0) is 31.0 Å². The second-order valence-corrected chi connectivity index (χ2v) is 9.65. The van der Waals surface area contributed by atoms with E-state index in [1.165, 1.54) is 25.5 Å². The predicted octanol–water partition coefficient (Wildman–Crippen LogP) is 2.09. The Morgan fingerprint density at radius 1 is 1.19 bits per heavy atom. The molecule has 0 fully saturated rings. The van der Waals surface area contributed by atoms with Crippen molar-refractivity contribution in [1.29, 1.82) is 0 Å². The molecule has 0 saturated carbocycles. The minimum Gasteiger partial charge on any atom is -0.469 e. The molecule has 0 radical (unpaired) electrons. The van der Waals surface area contributed by atoms with E-state index in [0.29, 0.717) is 24.9 Å². The molecular weight excluding hydrogens is 420 g/mol. The molecule has 1 N–H and O–H groups in total. The van der Waals surface area contributed by atoms with Crippen molar-refractivity contribution < 1.29 is 22.7 Å². The topological polar surface area (TPSA) is 111 Å². The fourth-order valence-corrected chi connectivity index (χ4v) is 4.09. The Morgan fingerprint density at radius 2 is 1.94 bits per heavy atom. The number of aromatic nitrogens is 2. The molecule has 1 aromatic heterocycles. The Labute approximate surface area is 183 Å². The Bertz CT molecular complexity index is 1010. The number of fused-ring (bicyclic) bond motifs is 1. The molecule has 0 aliphatic rings. The van der Waals surface area contributed by atoms with E-state index < -0.39 is 10.0 Å². The first-order valence-corrected chi connectivity index (χ1v) is 11.9. The lowest BCUT2D eigenvalue weighted by molar-refractivity contribution is -0.140. The third kappa shape index (κ3) is 6.51. The summed E-state index contributed by atoms with van der Waals surface area (Å²) in [6.45, 7) is 3.26. The first kappa shape index (κ1) is 24.8. The maximum atomic E-state index is 12.5. The molecule has 1 heterocycles. The molecule has 0 aliphatic carbocycles. The fourth-order valence-electron chi connectivity index (χ4n) is 3.16. The van der Waals surface area contributed by atoms with E-state index in [4.69, 9.17) is 0 Å². The monoisotopic (exact) mass is 452 g/mol. The number of methoxy groups -OCH3 is 1. The number of amides is 1. The molecule has 0 saturated heterocycles. The largest absolute Gasteiger partial charge is 0.469 e. The highest BCUT2D eigenvalue weighted by Crippen LogP contribution is 2.23. The van der Waals surface area contributed by atoms with Crippen molar-refractivity contribution in [3.63, 3.8) is 0 Å². The zero-order valence-electron chi connectivity index (χ0n) is 18.7. The second kappa shape index (κ2) is 11.2. The third-order valence-electron chi connectivity index (χ3n) is 5.00. The Morgan fingerprint density at radius 3 is 2.58 bits per heavy atom. The summed E-state index contributed by atoms with van der Waals surface area (Å²) in [5.74, 6) is 0.344. The molecule has 1 aromatic carbocycles. The number of nitrogens with one attached hydrogen (secondary N) is 1. The normalized spacial score (nSPS) is 11.8. The summed E-state index contributed by atoms with van der Waals surface area (Å²) in [6.07, 6.45) is 3.45. The first-order valence-electron chi connectivity index (χ1n) is 10.5. The van der Waals surface area contributed by atoms with Crippen LogP contribution < -0.4 is 5.32 Å². The van der Waals surface area contributed by atoms with Crippen LogP contribution in [-0.2, 0) is 37.3 Å². The van der Waals surface area contributed by atoms with Gasteiger partial charge in [-0.3, -0.25) is 9.59 Å². The van der Waals surface area contributed by atoms with Gasteiger partial charge in [-0.15, -0.1) is 0 Å². The van der Waals surface area contributed by atoms with Gasteiger partial charge in [0.05, 0.1) is 23.0 Å². The van der Waals surface area contributed by atoms with Gasteiger partial charge in [0.25, 0.3) is 0 Å². The summed E-state index contributed by atoms with van der Waals surface area (Å²) in [5.41, 5.74) is 1.46. The molecule has 9 nitrogen and oxygen atoms in total. The van der Waals surface area contributed by atoms with Gasteiger partial charge >= 0.3 is 5.97 Å². The summed E-state index contributed by atoms with van der Waals surface area (Å²) >= 11 is 0. The van der Waals surface area contributed by atoms with Crippen LogP contribution >= 0.6 is 0 Å². The lowest BCUT2D eigenvalue weighted by atomic mass is 10.2. The third-order valence-corrected chi connectivity index (χ3v) is 6.81. The Kier molecular flexibility index (Phi) is 9.00. The Hall–Kier alpha value is -2.46. The van der Waals surface area contributed by atoms with Crippen molar-refractivity contribution in [2.45, 2.75) is 56.9 Å². The number of unbranched alkanes of at least 4 members (excludes halogenated alkanes) is 1. The molecule has 0 unspecified atom stereocenters. The van der Waals surface area contributed by atoms with Crippen molar-refractivity contribution >= 4 is 32.9 Å². The zero-order valence-corrected chi connectivity index (χ0v) is 19.5. The van der Waals surface area contributed by atoms with Gasteiger partial charge in [0.1, 0.15) is 5.82 Å². The van der Waals surface area contributed by atoms with Gasteiger partial charge in [0.15, 0.2) is 0 Å². The molecule has 31 heavy (non-hydrogen) atoms. The minimum atomic E-state index is -3.55. The van der Waals surface area contributed by atoms with Crippen LogP contribution in [0.15, 0.2) is 23.1 Å². The summed E-state index contributed by atoms with van der Waals surface area (Å²) < 4.78 is 32.7. The molecular formula is C21H32N4O5S. The van der Waals surface area contributed by atoms with Crippen LogP contribution in [0, 0.1) is 0 Å². The summed E-state index contributed by atoms with van der Waals surface area (Å²) in [7, 11) is 0.778. The maximum Gasteiger partial charge on any atom is 0.305 e. The molecule has 2 aromatic rings. The average molecular weight is 453 g/mol. The van der Waals surface area contributed by atoms with Crippen molar-refractivity contribution in [2.24, 2.45) is 0 Å². The molecule has 10 heteroatoms. The lowest BCUT2D eigenvalue weighted by Crippen LogP contribution is -2.25. The second-order valence-electron chi connectivity index (χ2n) is 7.50. The summed E-state index contributed by atoms with van der Waals surface area (Å²) in [6, 6.07) is 4.97. The molecule has 0 bridgehead atoms. The molecule has 2 rings (SSSR count). The summed E-state index contributed by atoms with van der Waals surface area (Å²) in [4.78, 5) is 28.1. The Balaban J connectivity index is 2.14. The average Bonchev–Trinajstić information content (AvgIpc) is 3.09. The van der Waals surface area contributed by atoms with Gasteiger partial charge < -0.3 is 14.6 Å². The molecule has 0 atom stereocenters. The highest BCUT2D eigenvalue weighted by Gasteiger charge is 2.20. The molecule has 172 valence electrons. The maximum absolute atomic E-state index is 12.5. The van der Waals surface area contributed by atoms with Crippen LogP contribution in [0.2, 0.25) is 0 Å². The van der Waals surface area contributed by atoms with Crippen molar-refractivity contribution in [3.8, 4) is 0 Å². The predicted molar refractivity (Wildman–Crippen MR) is 118 cm³/mol. The van der Waals surface area contributed by atoms with E-state index >= 15 is 0 Å². The number of nitrogens with zero attached hydrogens (tertiary/aromatic N) is 3. The van der Waals surface area contributed by atoms with Crippen LogP contribution in [0.4, 0.5) is 0 Å². The summed E-state index contributed by atoms with van der Waals surface area (Å²) in [5, 5.41) is 2.80. The van der Waals surface area contributed by atoms with E-state index in [2.05, 4.69) is 26.5 Å². The zero-order chi connectivity index (χ0) is 23.0. The number of esters is 1. The van der Waals surface area contributed by atoms with Crippen LogP contribution in [0.25, 0.3) is 11.0 Å². The first-order chi connectivity index (χ1) is 14.7. The number of ether oxygens (including phenoxy) is 1. The number of sulfonamides is 1. The quantitative estimate of drug-likeness (QED) is 0.390. The van der Waals surface area contributed by atoms with Crippen LogP contribution in [0.5, 0.6) is 0 Å². The van der Waals surface area contributed by atoms with E-state index in [-0.39, 0.29) is 29.6 Å². The highest BCUT2D eigenvalue weighted by atomic mass is 32.2. The molecule has 1 amide bonds. The van der Waals surface area contributed by atoms with Gasteiger partial charge in [0, 0.05) is 46.4 Å². The van der Waals surface area contributed by atoms with E-state index in [0.717, 1.165) is 30.7 Å². The van der Waals surface area contributed by atoms with Gasteiger partial charge in [-0.25, -0.2) is 17.7 Å². The lowest BCUT2D eigenvalue weighted by Gasteiger charge is -2.11. The van der Waals surface area contributed by atoms with Gasteiger partial charge in [0.2, 0.25) is 15.9 Å². The molecule has 0 aliphatic heterocycles. The van der Waals surface area contributed by atoms with Crippen molar-refractivity contribution in [2.75, 3.05) is 27.7 Å². The fraction of sp³-hybridized carbons (Fsp3) is 0.571. The number of hydrogen-bond donors (Lipinski definition) is 1. The SMILES string of the molecule is CCCCn1c(CCC(=O)NCCCC(=O)OC)nc2cc(S(=O)(=O)N(C)C)ccc21. The van der Waals surface area contributed by atoms with Crippen LogP contribution in [0.1, 0.15) is 44.9 Å². The van der Waals surface area contributed by atoms with E-state index in [9.17, 15) is 18.0 Å². The minimum absolute atomic E-state index is 0.116. The van der Waals surface area contributed by atoms with Crippen LogP contribution in [0.3, 0.4) is 0 Å². The number of rotatable bonds is 12. The standard InChI is InChI=1S/C21H32N4O5S/c1-5-6-14-25-18-10-9-16(31(28,29)24(2)3)15-17(18)23-19(25)11-12-20(26)22-13-7-8-21(27)30-4/h9-10,15H,5-8,11-14H2,1-4H3,(H,22,26). The molecule has 0 spiro atoms.